The van der Waals surface area contributed by atoms with E-state index in [2.05, 4.69) is 135 Å². The number of fused-ring (bicyclic) bond motifs is 3. The molecule has 0 N–H and O–H groups in total. The predicted molar refractivity (Wildman–Crippen MR) is 172 cm³/mol. The fourth-order valence-electron chi connectivity index (χ4n) is 7.43. The molecule has 0 spiro atoms. The van der Waals surface area contributed by atoms with E-state index in [0.717, 1.165) is 18.1 Å². The van der Waals surface area contributed by atoms with Crippen LogP contribution in [0.1, 0.15) is 34.2 Å². The fourth-order valence-corrected chi connectivity index (χ4v) is 7.43. The van der Waals surface area contributed by atoms with E-state index in [0.29, 0.717) is 0 Å². The van der Waals surface area contributed by atoms with E-state index in [1.807, 2.05) is 0 Å². The smallest absolute Gasteiger partial charge is 0.0137 e. The van der Waals surface area contributed by atoms with Crippen LogP contribution in [0.15, 0.2) is 116 Å². The van der Waals surface area contributed by atoms with Gasteiger partial charge in [-0.25, -0.2) is 0 Å². The highest BCUT2D eigenvalue weighted by Gasteiger charge is 2.33. The first-order chi connectivity index (χ1) is 19.7. The van der Waals surface area contributed by atoms with E-state index < -0.39 is 0 Å². The van der Waals surface area contributed by atoms with Crippen molar-refractivity contribution in [3.8, 4) is 0 Å². The van der Waals surface area contributed by atoms with E-state index in [1.54, 1.807) is 0 Å². The molecule has 0 heterocycles. The van der Waals surface area contributed by atoms with Crippen LogP contribution in [0.5, 0.6) is 0 Å². The largest absolute Gasteiger partial charge is 0.0984 e. The Morgan fingerprint density at radius 2 is 1.50 bits per heavy atom. The molecule has 0 saturated carbocycles. The molecule has 0 aromatic heterocycles. The Hall–Kier alpha value is -4.68. The normalized spacial score (nSPS) is 19.1. The van der Waals surface area contributed by atoms with Gasteiger partial charge < -0.3 is 0 Å². The molecular weight excluding hydrogens is 480 g/mol. The van der Waals surface area contributed by atoms with Gasteiger partial charge in [0.05, 0.1) is 0 Å². The number of hydrogen-bond donors (Lipinski definition) is 0. The number of allylic oxidation sites excluding steroid dienone is 5. The van der Waals surface area contributed by atoms with E-state index in [-0.39, 0.29) is 11.8 Å². The maximum atomic E-state index is 4.47. The van der Waals surface area contributed by atoms with Gasteiger partial charge in [0.1, 0.15) is 0 Å². The van der Waals surface area contributed by atoms with Gasteiger partial charge in [-0.15, -0.1) is 0 Å². The molecule has 3 aliphatic carbocycles. The lowest BCUT2D eigenvalue weighted by molar-refractivity contribution is 0.686. The second-order valence-electron chi connectivity index (χ2n) is 11.3. The summed E-state index contributed by atoms with van der Waals surface area (Å²) in [6, 6.07) is 29.5. The van der Waals surface area contributed by atoms with Crippen molar-refractivity contribution in [2.24, 2.45) is 11.8 Å². The zero-order valence-electron chi connectivity index (χ0n) is 22.5. The van der Waals surface area contributed by atoms with Crippen LogP contribution in [-0.2, 0) is 6.42 Å². The standard InChI is InChI=1S/C40H30/c1-3-31-36(24-29-14-10-13-27-20-19-25(2)37(31)38(27)29)40-34-17-8-6-15-32(34)39(33-16-7-9-18-35(33)40)30-22-21-26-11-4-5-12-28(26)23-30/h3-4,6-11,13-24,32,34H,1-2,5,12H2. The molecule has 0 bridgehead atoms. The molecule has 3 aliphatic rings. The molecule has 0 amide bonds. The molecule has 0 heteroatoms. The van der Waals surface area contributed by atoms with Crippen LogP contribution in [-0.4, -0.2) is 0 Å². The van der Waals surface area contributed by atoms with Crippen LogP contribution in [0.3, 0.4) is 0 Å². The molecule has 5 aromatic rings. The van der Waals surface area contributed by atoms with Crippen molar-refractivity contribution in [2.45, 2.75) is 12.8 Å². The van der Waals surface area contributed by atoms with Gasteiger partial charge in [0.25, 0.3) is 0 Å². The van der Waals surface area contributed by atoms with E-state index >= 15 is 0 Å². The summed E-state index contributed by atoms with van der Waals surface area (Å²) in [5.41, 5.74) is 9.42. The summed E-state index contributed by atoms with van der Waals surface area (Å²) in [5, 5.41) is 8.71. The monoisotopic (exact) mass is 510 g/mol. The zero-order valence-corrected chi connectivity index (χ0v) is 22.5. The Morgan fingerprint density at radius 3 is 2.33 bits per heavy atom. The van der Waals surface area contributed by atoms with Crippen molar-refractivity contribution < 1.29 is 0 Å². The summed E-state index contributed by atoms with van der Waals surface area (Å²) in [6.07, 6.45) is 18.1. The maximum absolute atomic E-state index is 4.47. The lowest BCUT2D eigenvalue weighted by atomic mass is 9.69. The van der Waals surface area contributed by atoms with E-state index in [9.17, 15) is 0 Å². The van der Waals surface area contributed by atoms with Crippen molar-refractivity contribution in [3.63, 3.8) is 0 Å². The molecule has 8 rings (SSSR count). The van der Waals surface area contributed by atoms with Crippen molar-refractivity contribution in [1.82, 2.24) is 0 Å². The lowest BCUT2D eigenvalue weighted by Gasteiger charge is -2.34. The van der Waals surface area contributed by atoms with Crippen LogP contribution in [0.4, 0.5) is 0 Å². The van der Waals surface area contributed by atoms with Crippen molar-refractivity contribution in [3.05, 3.63) is 159 Å². The maximum Gasteiger partial charge on any atom is 0.0137 e. The SMILES string of the molecule is C=Cc1c(C2=c3ccccc3=C(c3ccc4c(c3)CCC=C4)C3C=CC=CC23)cc2cccc3ccc(=C)c1c32. The average Bonchev–Trinajstić information content (AvgIpc) is 3.01. The third kappa shape index (κ3) is 3.32. The Bertz CT molecular complexity index is 2150. The van der Waals surface area contributed by atoms with Gasteiger partial charge in [-0.2, -0.15) is 0 Å². The summed E-state index contributed by atoms with van der Waals surface area (Å²) in [7, 11) is 0. The Labute approximate surface area is 235 Å². The minimum absolute atomic E-state index is 0.227. The highest BCUT2D eigenvalue weighted by molar-refractivity contribution is 6.14. The molecule has 0 saturated heterocycles. The number of aryl methyl sites for hydroxylation is 1. The Balaban J connectivity index is 1.53. The van der Waals surface area contributed by atoms with E-state index in [1.165, 1.54) is 70.9 Å². The molecule has 0 radical (unpaired) electrons. The molecule has 40 heavy (non-hydrogen) atoms. The quantitative estimate of drug-likeness (QED) is 0.236. The van der Waals surface area contributed by atoms with Crippen LogP contribution >= 0.6 is 0 Å². The molecule has 5 aromatic carbocycles. The van der Waals surface area contributed by atoms with Crippen molar-refractivity contribution in [1.29, 1.82) is 0 Å². The van der Waals surface area contributed by atoms with Gasteiger partial charge in [0, 0.05) is 11.8 Å². The van der Waals surface area contributed by atoms with Crippen LogP contribution in [0, 0.1) is 11.8 Å². The summed E-state index contributed by atoms with van der Waals surface area (Å²) in [5.74, 6) is 0.482. The zero-order chi connectivity index (χ0) is 26.8. The van der Waals surface area contributed by atoms with Crippen molar-refractivity contribution >= 4 is 51.4 Å². The molecule has 0 nitrogen and oxygen atoms in total. The number of benzene rings is 5. The van der Waals surface area contributed by atoms with Crippen molar-refractivity contribution in [2.75, 3.05) is 0 Å². The summed E-state index contributed by atoms with van der Waals surface area (Å²) >= 11 is 0. The Morgan fingerprint density at radius 1 is 0.725 bits per heavy atom. The first kappa shape index (κ1) is 23.2. The van der Waals surface area contributed by atoms with Crippen LogP contribution < -0.4 is 15.7 Å². The van der Waals surface area contributed by atoms with Gasteiger partial charge in [-0.1, -0.05) is 128 Å². The van der Waals surface area contributed by atoms with E-state index in [4.69, 9.17) is 0 Å². The molecule has 0 aliphatic heterocycles. The van der Waals surface area contributed by atoms with Crippen LogP contribution in [0.2, 0.25) is 0 Å². The third-order valence-electron chi connectivity index (χ3n) is 9.16. The fraction of sp³-hybridized carbons (Fsp3) is 0.100. The first-order valence-electron chi connectivity index (χ1n) is 14.3. The third-order valence-corrected chi connectivity index (χ3v) is 9.16. The topological polar surface area (TPSA) is 0 Å². The minimum Gasteiger partial charge on any atom is -0.0984 e. The molecule has 0 fully saturated rings. The van der Waals surface area contributed by atoms with Crippen LogP contribution in [0.25, 0.3) is 51.4 Å². The second kappa shape index (κ2) is 8.93. The number of rotatable bonds is 3. The highest BCUT2D eigenvalue weighted by Crippen LogP contribution is 2.43. The Kier molecular flexibility index (Phi) is 5.19. The average molecular weight is 511 g/mol. The van der Waals surface area contributed by atoms with Gasteiger partial charge in [-0.3, -0.25) is 0 Å². The second-order valence-corrected chi connectivity index (χ2v) is 11.3. The molecule has 2 atom stereocenters. The lowest BCUT2D eigenvalue weighted by Crippen LogP contribution is -2.40. The summed E-state index contributed by atoms with van der Waals surface area (Å²) in [6.45, 7) is 8.80. The highest BCUT2D eigenvalue weighted by atomic mass is 14.4. The summed E-state index contributed by atoms with van der Waals surface area (Å²) < 4.78 is 0. The van der Waals surface area contributed by atoms with Gasteiger partial charge in [0.2, 0.25) is 0 Å². The molecule has 2 unspecified atom stereocenters. The molecular formula is C40H30. The summed E-state index contributed by atoms with van der Waals surface area (Å²) in [4.78, 5) is 0. The van der Waals surface area contributed by atoms with Gasteiger partial charge in [-0.05, 0) is 95.1 Å². The minimum atomic E-state index is 0.227. The van der Waals surface area contributed by atoms with Gasteiger partial charge >= 0.3 is 0 Å². The predicted octanol–water partition coefficient (Wildman–Crippen LogP) is 7.49. The number of hydrogen-bond acceptors (Lipinski definition) is 0. The first-order valence-corrected chi connectivity index (χ1v) is 14.3. The van der Waals surface area contributed by atoms with Gasteiger partial charge in [0.15, 0.2) is 0 Å². The molecule has 190 valence electrons.